The summed E-state index contributed by atoms with van der Waals surface area (Å²) in [5, 5.41) is 0.567. The minimum absolute atomic E-state index is 0.0662. The lowest BCUT2D eigenvalue weighted by molar-refractivity contribution is 0.0960. The summed E-state index contributed by atoms with van der Waals surface area (Å²) in [4.78, 5) is 17.0. The van der Waals surface area contributed by atoms with Gasteiger partial charge in [0.15, 0.2) is 0 Å². The van der Waals surface area contributed by atoms with Crippen molar-refractivity contribution in [1.82, 2.24) is 9.55 Å². The molecule has 5 heteroatoms. The molecule has 0 radical (unpaired) electrons. The number of rotatable bonds is 2. The molecule has 0 N–H and O–H groups in total. The van der Waals surface area contributed by atoms with E-state index in [1.54, 1.807) is 41.2 Å². The van der Waals surface area contributed by atoms with Gasteiger partial charge in [-0.1, -0.05) is 11.8 Å². The molecule has 0 bridgehead atoms. The van der Waals surface area contributed by atoms with Crippen LogP contribution in [0.1, 0.15) is 24.0 Å². The molecular weight excluding hydrogens is 331 g/mol. The van der Waals surface area contributed by atoms with Crippen molar-refractivity contribution < 1.29 is 9.13 Å². The van der Waals surface area contributed by atoms with Gasteiger partial charge in [0.25, 0.3) is 5.56 Å². The van der Waals surface area contributed by atoms with Crippen LogP contribution >= 0.6 is 0 Å². The zero-order valence-electron chi connectivity index (χ0n) is 14.1. The first-order chi connectivity index (χ1) is 12.7. The van der Waals surface area contributed by atoms with E-state index in [0.29, 0.717) is 17.4 Å². The summed E-state index contributed by atoms with van der Waals surface area (Å²) in [6, 6.07) is 11.4. The van der Waals surface area contributed by atoms with E-state index in [-0.39, 0.29) is 17.5 Å². The molecule has 0 saturated carbocycles. The molecule has 1 saturated heterocycles. The lowest BCUT2D eigenvalue weighted by atomic mass is 10.1. The van der Waals surface area contributed by atoms with Crippen LogP contribution in [0.4, 0.5) is 4.39 Å². The minimum Gasteiger partial charge on any atom is -0.376 e. The van der Waals surface area contributed by atoms with Gasteiger partial charge in [0.05, 0.1) is 29.9 Å². The van der Waals surface area contributed by atoms with Crippen molar-refractivity contribution in [3.8, 4) is 11.8 Å². The second kappa shape index (κ2) is 7.11. The fourth-order valence-electron chi connectivity index (χ4n) is 3.05. The minimum atomic E-state index is -0.287. The van der Waals surface area contributed by atoms with E-state index < -0.39 is 0 Å². The Morgan fingerprint density at radius 2 is 1.92 bits per heavy atom. The van der Waals surface area contributed by atoms with Gasteiger partial charge in [0.1, 0.15) is 5.82 Å². The second-order valence-electron chi connectivity index (χ2n) is 6.33. The molecule has 130 valence electrons. The second-order valence-corrected chi connectivity index (χ2v) is 6.33. The van der Waals surface area contributed by atoms with E-state index >= 15 is 0 Å². The van der Waals surface area contributed by atoms with Gasteiger partial charge in [-0.3, -0.25) is 9.36 Å². The highest BCUT2D eigenvalue weighted by molar-refractivity contribution is 5.79. The summed E-state index contributed by atoms with van der Waals surface area (Å²) >= 11 is 0. The molecule has 1 aromatic heterocycles. The average Bonchev–Trinajstić information content (AvgIpc) is 3.17. The van der Waals surface area contributed by atoms with E-state index in [1.165, 1.54) is 12.1 Å². The van der Waals surface area contributed by atoms with E-state index in [4.69, 9.17) is 4.74 Å². The molecule has 4 nitrogen and oxygen atoms in total. The SMILES string of the molecule is O=c1c2ccc(C#Cc3ccc(F)cc3)cc2ncn1C[C@@H]1CCCO1. The van der Waals surface area contributed by atoms with Crippen LogP contribution in [0.25, 0.3) is 10.9 Å². The number of ether oxygens (including phenoxy) is 1. The molecule has 1 fully saturated rings. The number of hydrogen-bond acceptors (Lipinski definition) is 3. The number of halogens is 1. The molecule has 1 aliphatic heterocycles. The summed E-state index contributed by atoms with van der Waals surface area (Å²) in [7, 11) is 0. The van der Waals surface area contributed by atoms with Crippen molar-refractivity contribution in [3.63, 3.8) is 0 Å². The molecule has 1 aliphatic rings. The van der Waals surface area contributed by atoms with Crippen LogP contribution in [0.2, 0.25) is 0 Å². The van der Waals surface area contributed by atoms with Gasteiger partial charge in [-0.05, 0) is 55.3 Å². The zero-order chi connectivity index (χ0) is 17.9. The predicted molar refractivity (Wildman–Crippen MR) is 97.4 cm³/mol. The molecule has 0 amide bonds. The topological polar surface area (TPSA) is 44.1 Å². The number of nitrogens with zero attached hydrogens (tertiary/aromatic N) is 2. The first-order valence-corrected chi connectivity index (χ1v) is 8.57. The van der Waals surface area contributed by atoms with Crippen molar-refractivity contribution in [2.24, 2.45) is 0 Å². The Hall–Kier alpha value is -2.97. The molecule has 0 aliphatic carbocycles. The van der Waals surface area contributed by atoms with E-state index in [9.17, 15) is 9.18 Å². The molecule has 0 unspecified atom stereocenters. The Bertz CT molecular complexity index is 1060. The molecule has 1 atom stereocenters. The Morgan fingerprint density at radius 3 is 2.69 bits per heavy atom. The maximum atomic E-state index is 12.9. The number of fused-ring (bicyclic) bond motifs is 1. The third kappa shape index (κ3) is 3.51. The highest BCUT2D eigenvalue weighted by Crippen LogP contribution is 2.14. The summed E-state index contributed by atoms with van der Waals surface area (Å²) in [6.07, 6.45) is 3.68. The van der Waals surface area contributed by atoms with Crippen molar-refractivity contribution in [2.45, 2.75) is 25.5 Å². The molecular formula is C21H17FN2O2. The molecule has 3 aromatic rings. The van der Waals surface area contributed by atoms with Crippen molar-refractivity contribution in [3.05, 3.63) is 76.1 Å². The average molecular weight is 348 g/mol. The van der Waals surface area contributed by atoms with Gasteiger partial charge in [0, 0.05) is 17.7 Å². The molecule has 2 heterocycles. The summed E-state index contributed by atoms with van der Waals surface area (Å²) in [6.45, 7) is 1.30. The number of aromatic nitrogens is 2. The molecule has 0 spiro atoms. The molecule has 26 heavy (non-hydrogen) atoms. The maximum Gasteiger partial charge on any atom is 0.261 e. The first kappa shape index (κ1) is 16.5. The summed E-state index contributed by atoms with van der Waals surface area (Å²) in [5.41, 5.74) is 2.03. The van der Waals surface area contributed by atoms with Crippen molar-refractivity contribution >= 4 is 10.9 Å². The van der Waals surface area contributed by atoms with E-state index in [1.807, 2.05) is 0 Å². The quantitative estimate of drug-likeness (QED) is 0.669. The van der Waals surface area contributed by atoms with Crippen LogP contribution in [-0.2, 0) is 11.3 Å². The van der Waals surface area contributed by atoms with Crippen LogP contribution in [0.3, 0.4) is 0 Å². The smallest absolute Gasteiger partial charge is 0.261 e. The van der Waals surface area contributed by atoms with Crippen molar-refractivity contribution in [2.75, 3.05) is 6.61 Å². The standard InChI is InChI=1S/C21H17FN2O2/c22-17-8-5-15(6-9-17)3-4-16-7-10-19-20(12-16)23-14-24(21(19)25)13-18-2-1-11-26-18/h5-10,12,14,18H,1-2,11,13H2/t18-/m0/s1. The lowest BCUT2D eigenvalue weighted by Gasteiger charge is -2.11. The Kier molecular flexibility index (Phi) is 4.51. The molecule has 2 aromatic carbocycles. The van der Waals surface area contributed by atoms with Gasteiger partial charge in [-0.2, -0.15) is 0 Å². The summed E-state index contributed by atoms with van der Waals surface area (Å²) < 4.78 is 20.1. The highest BCUT2D eigenvalue weighted by atomic mass is 19.1. The molecule has 4 rings (SSSR count). The third-order valence-corrected chi connectivity index (χ3v) is 4.44. The van der Waals surface area contributed by atoms with Gasteiger partial charge >= 0.3 is 0 Å². The monoisotopic (exact) mass is 348 g/mol. The van der Waals surface area contributed by atoms with E-state index in [2.05, 4.69) is 16.8 Å². The largest absolute Gasteiger partial charge is 0.376 e. The van der Waals surface area contributed by atoms with Gasteiger partial charge in [-0.15, -0.1) is 0 Å². The van der Waals surface area contributed by atoms with Gasteiger partial charge < -0.3 is 4.74 Å². The van der Waals surface area contributed by atoms with Crippen LogP contribution < -0.4 is 5.56 Å². The maximum absolute atomic E-state index is 12.9. The third-order valence-electron chi connectivity index (χ3n) is 4.44. The van der Waals surface area contributed by atoms with E-state index in [0.717, 1.165) is 30.6 Å². The van der Waals surface area contributed by atoms with Crippen LogP contribution in [-0.4, -0.2) is 22.3 Å². The van der Waals surface area contributed by atoms with Crippen LogP contribution in [0, 0.1) is 17.7 Å². The van der Waals surface area contributed by atoms with Gasteiger partial charge in [0.2, 0.25) is 0 Å². The number of benzene rings is 2. The highest BCUT2D eigenvalue weighted by Gasteiger charge is 2.17. The summed E-state index contributed by atoms with van der Waals surface area (Å²) in [5.74, 6) is 5.72. The van der Waals surface area contributed by atoms with Crippen LogP contribution in [0.15, 0.2) is 53.6 Å². The zero-order valence-corrected chi connectivity index (χ0v) is 14.1. The van der Waals surface area contributed by atoms with Crippen molar-refractivity contribution in [1.29, 1.82) is 0 Å². The Balaban J connectivity index is 1.61. The lowest BCUT2D eigenvalue weighted by Crippen LogP contribution is -2.26. The normalized spacial score (nSPS) is 16.4. The van der Waals surface area contributed by atoms with Gasteiger partial charge in [-0.25, -0.2) is 9.37 Å². The van der Waals surface area contributed by atoms with Crippen LogP contribution in [0.5, 0.6) is 0 Å². The predicted octanol–water partition coefficient (Wildman–Crippen LogP) is 3.11. The fourth-order valence-corrected chi connectivity index (χ4v) is 3.05. The Labute approximate surface area is 150 Å². The first-order valence-electron chi connectivity index (χ1n) is 8.57. The fraction of sp³-hybridized carbons (Fsp3) is 0.238. The Morgan fingerprint density at radius 1 is 1.15 bits per heavy atom. The number of hydrogen-bond donors (Lipinski definition) is 0.